The summed E-state index contributed by atoms with van der Waals surface area (Å²) < 4.78 is 39.9. The minimum Gasteiger partial charge on any atom is -0.453 e. The maximum Gasteiger partial charge on any atom is 0.350 e. The van der Waals surface area contributed by atoms with Crippen molar-refractivity contribution >= 4 is 15.8 Å². The molecule has 0 aromatic heterocycles. The molecule has 0 spiro atoms. The summed E-state index contributed by atoms with van der Waals surface area (Å²) in [5.74, 6) is -0.953. The third kappa shape index (κ3) is 4.81. The van der Waals surface area contributed by atoms with Crippen molar-refractivity contribution < 1.29 is 32.5 Å². The van der Waals surface area contributed by atoms with Crippen molar-refractivity contribution in [3.63, 3.8) is 0 Å². The zero-order valence-corrected chi connectivity index (χ0v) is 15.4. The van der Waals surface area contributed by atoms with Crippen LogP contribution in [-0.4, -0.2) is 81.4 Å². The van der Waals surface area contributed by atoms with E-state index in [9.17, 15) is 18.3 Å². The molecular formula is C16H25NO7S. The number of aliphatic hydroxyl groups excluding tert-OH is 1. The smallest absolute Gasteiger partial charge is 0.350 e. The molecule has 0 bridgehead atoms. The van der Waals surface area contributed by atoms with Crippen LogP contribution in [0.1, 0.15) is 13.8 Å². The molecular weight excluding hydrogens is 350 g/mol. The van der Waals surface area contributed by atoms with E-state index in [1.54, 1.807) is 6.20 Å². The largest absolute Gasteiger partial charge is 0.453 e. The molecule has 2 heterocycles. The van der Waals surface area contributed by atoms with Crippen LogP contribution in [0.2, 0.25) is 0 Å². The quantitative estimate of drug-likeness (QED) is 0.372. The standard InChI is InChI=1S/C16H25NO7S/c1-4-17(5-2)8-6-7-13(25(3,20)21)16(19)24-12-10-23-14-11(18)9-22-15(12)14/h6-8,11-12,14-15,18H,4-5,9-10H2,1-3H3/b8-6+,13-7-/t11-,12+,14?,15?/m0/s1. The molecule has 25 heavy (non-hydrogen) atoms. The van der Waals surface area contributed by atoms with Gasteiger partial charge in [-0.15, -0.1) is 0 Å². The van der Waals surface area contributed by atoms with Gasteiger partial charge in [0.25, 0.3) is 0 Å². The number of hydrogen-bond acceptors (Lipinski definition) is 8. The SMILES string of the molecule is CCN(/C=C/C=C(/C(=O)O[C@@H]1COC2C1OC[C@@H]2O)S(C)(=O)=O)CC. The Morgan fingerprint density at radius 3 is 2.48 bits per heavy atom. The van der Waals surface area contributed by atoms with Gasteiger partial charge in [0.1, 0.15) is 18.3 Å². The average molecular weight is 375 g/mol. The zero-order chi connectivity index (χ0) is 18.6. The van der Waals surface area contributed by atoms with Crippen molar-refractivity contribution in [1.82, 2.24) is 4.90 Å². The van der Waals surface area contributed by atoms with Crippen LogP contribution in [-0.2, 0) is 28.8 Å². The van der Waals surface area contributed by atoms with Crippen molar-refractivity contribution in [2.75, 3.05) is 32.6 Å². The fourth-order valence-electron chi connectivity index (χ4n) is 2.77. The Balaban J connectivity index is 2.09. The van der Waals surface area contributed by atoms with Gasteiger partial charge in [0.15, 0.2) is 20.8 Å². The highest BCUT2D eigenvalue weighted by Gasteiger charge is 2.49. The molecule has 142 valence electrons. The molecule has 2 aliphatic heterocycles. The Bertz CT molecular complexity index is 639. The lowest BCUT2D eigenvalue weighted by Crippen LogP contribution is -2.35. The Kier molecular flexibility index (Phi) is 6.61. The summed E-state index contributed by atoms with van der Waals surface area (Å²) in [5.41, 5.74) is 0. The van der Waals surface area contributed by atoms with Crippen LogP contribution in [0.15, 0.2) is 23.3 Å². The molecule has 4 atom stereocenters. The molecule has 2 unspecified atom stereocenters. The topological polar surface area (TPSA) is 102 Å². The Hall–Kier alpha value is -1.42. The van der Waals surface area contributed by atoms with E-state index in [1.807, 2.05) is 18.7 Å². The summed E-state index contributed by atoms with van der Waals surface area (Å²) in [5, 5.41) is 9.69. The van der Waals surface area contributed by atoms with Crippen molar-refractivity contribution in [3.05, 3.63) is 23.3 Å². The van der Waals surface area contributed by atoms with Crippen LogP contribution < -0.4 is 0 Å². The Labute approximate surface area is 148 Å². The summed E-state index contributed by atoms with van der Waals surface area (Å²) in [6, 6.07) is 0. The normalized spacial score (nSPS) is 29.8. The van der Waals surface area contributed by atoms with Crippen molar-refractivity contribution in [1.29, 1.82) is 0 Å². The van der Waals surface area contributed by atoms with Crippen LogP contribution >= 0.6 is 0 Å². The van der Waals surface area contributed by atoms with Gasteiger partial charge in [0.2, 0.25) is 0 Å². The first-order chi connectivity index (χ1) is 11.8. The maximum absolute atomic E-state index is 12.3. The summed E-state index contributed by atoms with van der Waals surface area (Å²) in [4.78, 5) is 13.9. The van der Waals surface area contributed by atoms with Gasteiger partial charge >= 0.3 is 5.97 Å². The summed E-state index contributed by atoms with van der Waals surface area (Å²) in [6.07, 6.45) is 2.76. The van der Waals surface area contributed by atoms with Crippen molar-refractivity contribution in [3.8, 4) is 0 Å². The van der Waals surface area contributed by atoms with E-state index in [0.717, 1.165) is 19.3 Å². The fraction of sp³-hybridized carbons (Fsp3) is 0.688. The Morgan fingerprint density at radius 1 is 1.24 bits per heavy atom. The minimum atomic E-state index is -3.76. The summed E-state index contributed by atoms with van der Waals surface area (Å²) >= 11 is 0. The lowest BCUT2D eigenvalue weighted by Gasteiger charge is -2.17. The minimum absolute atomic E-state index is 0.0600. The third-order valence-corrected chi connectivity index (χ3v) is 5.30. The van der Waals surface area contributed by atoms with Gasteiger partial charge in [-0.05, 0) is 32.2 Å². The van der Waals surface area contributed by atoms with E-state index in [2.05, 4.69) is 0 Å². The van der Waals surface area contributed by atoms with Crippen molar-refractivity contribution in [2.24, 2.45) is 0 Å². The highest BCUT2D eigenvalue weighted by atomic mass is 32.2. The molecule has 0 radical (unpaired) electrons. The predicted octanol–water partition coefficient (Wildman–Crippen LogP) is -0.159. The molecule has 0 amide bonds. The molecule has 0 aromatic rings. The number of carbonyl (C=O) groups excluding carboxylic acids is 1. The number of allylic oxidation sites excluding steroid dienone is 2. The number of rotatable bonds is 7. The van der Waals surface area contributed by atoms with E-state index < -0.39 is 45.1 Å². The predicted molar refractivity (Wildman–Crippen MR) is 90.4 cm³/mol. The van der Waals surface area contributed by atoms with Crippen LogP contribution in [0.3, 0.4) is 0 Å². The molecule has 2 aliphatic rings. The second kappa shape index (κ2) is 8.31. The highest BCUT2D eigenvalue weighted by Crippen LogP contribution is 2.29. The number of esters is 1. The third-order valence-electron chi connectivity index (χ3n) is 4.20. The molecule has 8 nitrogen and oxygen atoms in total. The molecule has 0 aliphatic carbocycles. The molecule has 9 heteroatoms. The number of nitrogens with zero attached hydrogens (tertiary/aromatic N) is 1. The monoisotopic (exact) mass is 375 g/mol. The number of sulfone groups is 1. The first kappa shape index (κ1) is 19.9. The second-order valence-corrected chi connectivity index (χ2v) is 7.96. The van der Waals surface area contributed by atoms with E-state index in [0.29, 0.717) is 0 Å². The first-order valence-electron chi connectivity index (χ1n) is 8.22. The zero-order valence-electron chi connectivity index (χ0n) is 14.6. The van der Waals surface area contributed by atoms with Gasteiger partial charge in [0.05, 0.1) is 13.2 Å². The molecule has 1 N–H and O–H groups in total. The fourth-order valence-corrected chi connectivity index (χ4v) is 3.45. The average Bonchev–Trinajstić information content (AvgIpc) is 3.10. The summed E-state index contributed by atoms with van der Waals surface area (Å²) in [7, 11) is -3.76. The molecule has 2 rings (SSSR count). The van der Waals surface area contributed by atoms with Gasteiger partial charge in [-0.3, -0.25) is 0 Å². The van der Waals surface area contributed by atoms with Gasteiger partial charge < -0.3 is 24.2 Å². The van der Waals surface area contributed by atoms with Crippen LogP contribution in [0.25, 0.3) is 0 Å². The van der Waals surface area contributed by atoms with Crippen LogP contribution in [0.5, 0.6) is 0 Å². The van der Waals surface area contributed by atoms with Gasteiger partial charge in [-0.1, -0.05) is 0 Å². The van der Waals surface area contributed by atoms with E-state index in [-0.39, 0.29) is 13.2 Å². The first-order valence-corrected chi connectivity index (χ1v) is 10.1. The van der Waals surface area contributed by atoms with Gasteiger partial charge in [-0.25, -0.2) is 13.2 Å². The van der Waals surface area contributed by atoms with Gasteiger partial charge in [0, 0.05) is 19.3 Å². The highest BCUT2D eigenvalue weighted by molar-refractivity contribution is 7.95. The van der Waals surface area contributed by atoms with Gasteiger partial charge in [-0.2, -0.15) is 0 Å². The van der Waals surface area contributed by atoms with Crippen LogP contribution in [0.4, 0.5) is 0 Å². The lowest BCUT2D eigenvalue weighted by atomic mass is 10.1. The maximum atomic E-state index is 12.3. The number of fused-ring (bicyclic) bond motifs is 1. The molecule has 0 aromatic carbocycles. The summed E-state index contributed by atoms with van der Waals surface area (Å²) in [6.45, 7) is 5.63. The number of carbonyl (C=O) groups is 1. The van der Waals surface area contributed by atoms with E-state index in [4.69, 9.17) is 14.2 Å². The van der Waals surface area contributed by atoms with E-state index in [1.165, 1.54) is 12.2 Å². The lowest BCUT2D eigenvalue weighted by molar-refractivity contribution is -0.148. The number of ether oxygens (including phenoxy) is 3. The molecule has 2 saturated heterocycles. The molecule has 0 saturated carbocycles. The molecule has 2 fully saturated rings. The second-order valence-electron chi connectivity index (χ2n) is 5.97. The Morgan fingerprint density at radius 2 is 1.88 bits per heavy atom. The number of aliphatic hydroxyl groups is 1. The van der Waals surface area contributed by atoms with Crippen LogP contribution in [0, 0.1) is 0 Å². The number of hydrogen-bond donors (Lipinski definition) is 1. The van der Waals surface area contributed by atoms with Crippen molar-refractivity contribution in [2.45, 2.75) is 38.3 Å². The van der Waals surface area contributed by atoms with E-state index >= 15 is 0 Å².